The van der Waals surface area contributed by atoms with Gasteiger partial charge in [-0.05, 0) is 18.2 Å². The minimum absolute atomic E-state index is 0.258. The van der Waals surface area contributed by atoms with Crippen LogP contribution in [0.2, 0.25) is 0 Å². The lowest BCUT2D eigenvalue weighted by Crippen LogP contribution is -2.39. The minimum Gasteiger partial charge on any atom is -0.490 e. The van der Waals surface area contributed by atoms with Gasteiger partial charge < -0.3 is 19.9 Å². The van der Waals surface area contributed by atoms with Crippen LogP contribution < -0.4 is 10.5 Å². The fourth-order valence-corrected chi connectivity index (χ4v) is 4.55. The Labute approximate surface area is 117 Å². The van der Waals surface area contributed by atoms with Crippen LogP contribution in [0.1, 0.15) is 12.0 Å². The van der Waals surface area contributed by atoms with E-state index in [-0.39, 0.29) is 6.02 Å². The van der Waals surface area contributed by atoms with E-state index < -0.39 is 16.7 Å². The molecule has 3 spiro atoms. The molecule has 4 aliphatic rings. The van der Waals surface area contributed by atoms with Gasteiger partial charge in [0.25, 0.3) is 6.02 Å². The minimum atomic E-state index is -0.514. The maximum absolute atomic E-state index is 5.98. The number of aliphatic imine (C=N–C) groups is 1. The van der Waals surface area contributed by atoms with Crippen molar-refractivity contribution in [2.24, 2.45) is 10.7 Å². The van der Waals surface area contributed by atoms with Crippen LogP contribution in [-0.2, 0) is 15.0 Å². The number of benzene rings is 1. The van der Waals surface area contributed by atoms with E-state index in [1.54, 1.807) is 0 Å². The van der Waals surface area contributed by atoms with Crippen molar-refractivity contribution < 1.29 is 14.2 Å². The molecule has 19 heavy (non-hydrogen) atoms. The van der Waals surface area contributed by atoms with Gasteiger partial charge in [0.2, 0.25) is 0 Å². The third-order valence-electron chi connectivity index (χ3n) is 4.88. The predicted octanol–water partition coefficient (Wildman–Crippen LogP) is 1.29. The molecule has 1 aromatic carbocycles. The molecule has 2 fully saturated rings. The zero-order valence-electron chi connectivity index (χ0n) is 9.98. The molecule has 2 N–H and O–H groups in total. The first kappa shape index (κ1) is 10.5. The number of ether oxygens (including phenoxy) is 3. The summed E-state index contributed by atoms with van der Waals surface area (Å²) in [5.74, 6) is 0.841. The summed E-state index contributed by atoms with van der Waals surface area (Å²) in [4.78, 5) is 4.61. The fraction of sp³-hybridized carbons (Fsp3) is 0.462. The molecule has 5 nitrogen and oxygen atoms in total. The van der Waals surface area contributed by atoms with E-state index in [0.717, 1.165) is 22.2 Å². The Morgan fingerprint density at radius 2 is 2.21 bits per heavy atom. The summed E-state index contributed by atoms with van der Waals surface area (Å²) in [6, 6.07) is 6.20. The quantitative estimate of drug-likeness (QED) is 0.781. The monoisotopic (exact) mass is 322 g/mol. The van der Waals surface area contributed by atoms with Gasteiger partial charge in [-0.2, -0.15) is 0 Å². The molecular formula is C13H11BrN2O3. The number of amidine groups is 1. The van der Waals surface area contributed by atoms with E-state index in [1.165, 1.54) is 0 Å². The first-order valence-corrected chi connectivity index (χ1v) is 7.06. The lowest BCUT2D eigenvalue weighted by molar-refractivity contribution is -0.0159. The first-order chi connectivity index (χ1) is 9.15. The van der Waals surface area contributed by atoms with Gasteiger partial charge in [-0.1, -0.05) is 15.9 Å². The number of nitrogens with two attached hydrogens (primary N) is 1. The standard InChI is InChI=1S/C13H11BrN2O3/c14-7-1-2-9-8(5-7)13-11(19-10(15)16-13)3-4-18-12(11,13)6-17-9/h1-2,5H,3-4,6H2,(H2,15,16). The maximum Gasteiger partial charge on any atom is 0.283 e. The van der Waals surface area contributed by atoms with E-state index in [4.69, 9.17) is 19.9 Å². The number of fused-ring (bicyclic) bond motifs is 1. The highest BCUT2D eigenvalue weighted by molar-refractivity contribution is 9.10. The molecule has 3 aliphatic heterocycles. The van der Waals surface area contributed by atoms with Crippen LogP contribution >= 0.6 is 15.9 Å². The normalized spacial score (nSPS) is 44.2. The zero-order valence-corrected chi connectivity index (χ0v) is 11.6. The molecule has 98 valence electrons. The van der Waals surface area contributed by atoms with Gasteiger partial charge >= 0.3 is 0 Å². The smallest absolute Gasteiger partial charge is 0.283 e. The van der Waals surface area contributed by atoms with Crippen LogP contribution in [0.5, 0.6) is 5.75 Å². The SMILES string of the molecule is NC1=NC23c4cc(Br)ccc4OCC24OCCC43O1. The summed E-state index contributed by atoms with van der Waals surface area (Å²) in [7, 11) is 0. The second-order valence-corrected chi connectivity index (χ2v) is 6.36. The second-order valence-electron chi connectivity index (χ2n) is 5.44. The van der Waals surface area contributed by atoms with Crippen LogP contribution in [0.3, 0.4) is 0 Å². The second kappa shape index (κ2) is 2.76. The number of nitrogens with zero attached hydrogens (tertiary/aromatic N) is 1. The van der Waals surface area contributed by atoms with Crippen LogP contribution in [0, 0.1) is 0 Å². The van der Waals surface area contributed by atoms with Crippen LogP contribution in [0.15, 0.2) is 27.7 Å². The van der Waals surface area contributed by atoms with Crippen molar-refractivity contribution in [3.05, 3.63) is 28.2 Å². The summed E-state index contributed by atoms with van der Waals surface area (Å²) in [5.41, 5.74) is 5.36. The molecule has 3 unspecified atom stereocenters. The van der Waals surface area contributed by atoms with Crippen molar-refractivity contribution in [2.75, 3.05) is 13.2 Å². The van der Waals surface area contributed by atoms with Gasteiger partial charge in [0.05, 0.1) is 6.61 Å². The Hall–Kier alpha value is -1.27. The fourth-order valence-electron chi connectivity index (χ4n) is 4.19. The van der Waals surface area contributed by atoms with Crippen molar-refractivity contribution in [2.45, 2.75) is 23.2 Å². The van der Waals surface area contributed by atoms with E-state index >= 15 is 0 Å². The highest BCUT2D eigenvalue weighted by Crippen LogP contribution is 2.79. The molecule has 1 saturated carbocycles. The van der Waals surface area contributed by atoms with Crippen molar-refractivity contribution in [3.8, 4) is 5.75 Å². The summed E-state index contributed by atoms with van der Waals surface area (Å²) < 4.78 is 18.7. The molecule has 3 atom stereocenters. The number of rotatable bonds is 0. The topological polar surface area (TPSA) is 66.1 Å². The molecule has 1 aromatic rings. The molecular weight excluding hydrogens is 312 g/mol. The first-order valence-electron chi connectivity index (χ1n) is 6.26. The Morgan fingerprint density at radius 3 is 3.11 bits per heavy atom. The Morgan fingerprint density at radius 1 is 1.32 bits per heavy atom. The number of hydrogen-bond donors (Lipinski definition) is 1. The highest BCUT2D eigenvalue weighted by Gasteiger charge is 2.98. The Balaban J connectivity index is 1.83. The third-order valence-corrected chi connectivity index (χ3v) is 5.37. The highest BCUT2D eigenvalue weighted by atomic mass is 79.9. The van der Waals surface area contributed by atoms with Gasteiger partial charge in [0, 0.05) is 16.5 Å². The van der Waals surface area contributed by atoms with Gasteiger partial charge in [-0.25, -0.2) is 4.99 Å². The average Bonchev–Trinajstić information content (AvgIpc) is 2.69. The zero-order chi connectivity index (χ0) is 12.9. The lowest BCUT2D eigenvalue weighted by atomic mass is 9.96. The van der Waals surface area contributed by atoms with E-state index in [9.17, 15) is 0 Å². The van der Waals surface area contributed by atoms with E-state index in [2.05, 4.69) is 20.9 Å². The van der Waals surface area contributed by atoms with Crippen molar-refractivity contribution in [1.82, 2.24) is 0 Å². The molecule has 0 radical (unpaired) electrons. The summed E-state index contributed by atoms with van der Waals surface area (Å²) >= 11 is 3.50. The van der Waals surface area contributed by atoms with Crippen molar-refractivity contribution in [1.29, 1.82) is 0 Å². The molecule has 0 amide bonds. The summed E-state index contributed by atoms with van der Waals surface area (Å²) in [5, 5.41) is 0. The van der Waals surface area contributed by atoms with Gasteiger partial charge in [0.1, 0.15) is 12.4 Å². The van der Waals surface area contributed by atoms with Crippen LogP contribution in [0.25, 0.3) is 0 Å². The van der Waals surface area contributed by atoms with Crippen LogP contribution in [-0.4, -0.2) is 30.4 Å². The number of halogens is 1. The predicted molar refractivity (Wildman–Crippen MR) is 70.1 cm³/mol. The Bertz CT molecular complexity index is 663. The molecule has 0 bridgehead atoms. The number of hydrogen-bond acceptors (Lipinski definition) is 5. The molecule has 5 rings (SSSR count). The van der Waals surface area contributed by atoms with Gasteiger partial charge in [-0.15, -0.1) is 0 Å². The van der Waals surface area contributed by atoms with Gasteiger partial charge in [-0.3, -0.25) is 0 Å². The lowest BCUT2D eigenvalue weighted by Gasteiger charge is -2.28. The molecule has 3 heterocycles. The van der Waals surface area contributed by atoms with Crippen LogP contribution in [0.4, 0.5) is 0 Å². The molecule has 0 aromatic heterocycles. The summed E-state index contributed by atoms with van der Waals surface area (Å²) in [6.07, 6.45) is 0.798. The largest absolute Gasteiger partial charge is 0.490 e. The molecule has 1 saturated heterocycles. The van der Waals surface area contributed by atoms with Crippen molar-refractivity contribution >= 4 is 22.0 Å². The molecule has 6 heteroatoms. The third kappa shape index (κ3) is 0.815. The van der Waals surface area contributed by atoms with E-state index in [1.807, 2.05) is 18.2 Å². The van der Waals surface area contributed by atoms with Crippen molar-refractivity contribution in [3.63, 3.8) is 0 Å². The van der Waals surface area contributed by atoms with Gasteiger partial charge in [0.15, 0.2) is 16.7 Å². The van der Waals surface area contributed by atoms with E-state index in [0.29, 0.717) is 13.2 Å². The maximum atomic E-state index is 5.98. The average molecular weight is 323 g/mol. The molecule has 1 aliphatic carbocycles. The summed E-state index contributed by atoms with van der Waals surface area (Å²) in [6.45, 7) is 1.13. The Kier molecular flexibility index (Phi) is 1.53.